The van der Waals surface area contributed by atoms with Crippen molar-refractivity contribution in [1.29, 1.82) is 0 Å². The maximum atomic E-state index is 5.36. The molecule has 0 bridgehead atoms. The Morgan fingerprint density at radius 2 is 1.67 bits per heavy atom. The molecule has 3 heteroatoms. The fourth-order valence-corrected chi connectivity index (χ4v) is 2.15. The van der Waals surface area contributed by atoms with Crippen molar-refractivity contribution in [3.63, 3.8) is 0 Å². The average Bonchev–Trinajstić information content (AvgIpc) is 2.36. The Balaban J connectivity index is 3.02. The van der Waals surface area contributed by atoms with E-state index >= 15 is 0 Å². The molecule has 0 aliphatic heterocycles. The van der Waals surface area contributed by atoms with Crippen LogP contribution in [0.5, 0.6) is 11.5 Å². The summed E-state index contributed by atoms with van der Waals surface area (Å²) in [7, 11) is 5.36. The Morgan fingerprint density at radius 1 is 1.11 bits per heavy atom. The molecule has 102 valence electrons. The highest BCUT2D eigenvalue weighted by Gasteiger charge is 2.15. The lowest BCUT2D eigenvalue weighted by molar-refractivity contribution is 0.353. The fourth-order valence-electron chi connectivity index (χ4n) is 2.15. The van der Waals surface area contributed by atoms with Crippen LogP contribution in [0.1, 0.15) is 25.0 Å². The van der Waals surface area contributed by atoms with E-state index in [4.69, 9.17) is 9.47 Å². The van der Waals surface area contributed by atoms with Gasteiger partial charge in [-0.25, -0.2) is 0 Å². The number of aryl methyl sites for hydroxylation is 1. The summed E-state index contributed by atoms with van der Waals surface area (Å²) in [5, 5.41) is 3.37. The van der Waals surface area contributed by atoms with E-state index in [-0.39, 0.29) is 0 Å². The second kappa shape index (κ2) is 6.64. The molecule has 0 heterocycles. The van der Waals surface area contributed by atoms with Crippen LogP contribution in [-0.4, -0.2) is 27.3 Å². The normalized spacial score (nSPS) is 12.6. The van der Waals surface area contributed by atoms with Crippen LogP contribution in [-0.2, 0) is 6.42 Å². The quantitative estimate of drug-likeness (QED) is 0.843. The van der Waals surface area contributed by atoms with Crippen molar-refractivity contribution >= 4 is 0 Å². The van der Waals surface area contributed by atoms with Gasteiger partial charge in [0.2, 0.25) is 0 Å². The molecule has 0 aromatic heterocycles. The zero-order valence-electron chi connectivity index (χ0n) is 12.3. The Bertz CT molecular complexity index is 388. The van der Waals surface area contributed by atoms with Gasteiger partial charge in [0.1, 0.15) is 0 Å². The highest BCUT2D eigenvalue weighted by molar-refractivity contribution is 5.47. The van der Waals surface area contributed by atoms with Gasteiger partial charge in [0.25, 0.3) is 0 Å². The summed E-state index contributed by atoms with van der Waals surface area (Å²) in [5.41, 5.74) is 2.55. The molecule has 0 radical (unpaired) electrons. The minimum absolute atomic E-state index is 0.474. The van der Waals surface area contributed by atoms with Crippen LogP contribution in [0.3, 0.4) is 0 Å². The standard InChI is InChI=1S/C15H25NO2/c1-10(2)13(16-4)8-12-9-15(18-6)14(17-5)7-11(12)3/h7,9-10,13,16H,8H2,1-6H3. The zero-order valence-corrected chi connectivity index (χ0v) is 12.3. The highest BCUT2D eigenvalue weighted by Crippen LogP contribution is 2.31. The summed E-state index contributed by atoms with van der Waals surface area (Å²) in [5.74, 6) is 2.20. The summed E-state index contributed by atoms with van der Waals surface area (Å²) >= 11 is 0. The second-order valence-electron chi connectivity index (χ2n) is 4.98. The van der Waals surface area contributed by atoms with E-state index in [9.17, 15) is 0 Å². The number of rotatable bonds is 6. The minimum atomic E-state index is 0.474. The Hall–Kier alpha value is -1.22. The van der Waals surface area contributed by atoms with Crippen LogP contribution in [0.25, 0.3) is 0 Å². The first kappa shape index (κ1) is 14.8. The maximum absolute atomic E-state index is 5.36. The molecule has 3 nitrogen and oxygen atoms in total. The highest BCUT2D eigenvalue weighted by atomic mass is 16.5. The molecule has 0 aliphatic rings. The number of hydrogen-bond acceptors (Lipinski definition) is 3. The van der Waals surface area contributed by atoms with Crippen LogP contribution in [0.2, 0.25) is 0 Å². The number of benzene rings is 1. The first-order valence-corrected chi connectivity index (χ1v) is 6.42. The van der Waals surface area contributed by atoms with E-state index in [1.54, 1.807) is 14.2 Å². The third kappa shape index (κ3) is 3.39. The molecule has 1 aromatic rings. The van der Waals surface area contributed by atoms with Crippen molar-refractivity contribution in [2.24, 2.45) is 5.92 Å². The molecule has 1 N–H and O–H groups in total. The van der Waals surface area contributed by atoms with Crippen molar-refractivity contribution in [2.75, 3.05) is 21.3 Å². The number of methoxy groups -OCH3 is 2. The van der Waals surface area contributed by atoms with E-state index in [0.29, 0.717) is 12.0 Å². The molecule has 0 amide bonds. The van der Waals surface area contributed by atoms with Gasteiger partial charge in [0.05, 0.1) is 14.2 Å². The monoisotopic (exact) mass is 251 g/mol. The van der Waals surface area contributed by atoms with Gasteiger partial charge in [0.15, 0.2) is 11.5 Å². The zero-order chi connectivity index (χ0) is 13.7. The predicted molar refractivity (Wildman–Crippen MR) is 75.7 cm³/mol. The third-order valence-corrected chi connectivity index (χ3v) is 3.46. The summed E-state index contributed by atoms with van der Waals surface area (Å²) in [6, 6.07) is 4.60. The molecular weight excluding hydrogens is 226 g/mol. The molecule has 1 aromatic carbocycles. The second-order valence-corrected chi connectivity index (χ2v) is 4.98. The maximum Gasteiger partial charge on any atom is 0.161 e. The van der Waals surface area contributed by atoms with Crippen LogP contribution in [0.15, 0.2) is 12.1 Å². The van der Waals surface area contributed by atoms with Gasteiger partial charge in [-0.1, -0.05) is 13.8 Å². The first-order valence-electron chi connectivity index (χ1n) is 6.42. The lowest BCUT2D eigenvalue weighted by atomic mass is 9.94. The molecular formula is C15H25NO2. The Morgan fingerprint density at radius 3 is 2.11 bits per heavy atom. The van der Waals surface area contributed by atoms with Gasteiger partial charge in [-0.3, -0.25) is 0 Å². The molecule has 18 heavy (non-hydrogen) atoms. The van der Waals surface area contributed by atoms with Crippen LogP contribution >= 0.6 is 0 Å². The van der Waals surface area contributed by atoms with E-state index in [0.717, 1.165) is 17.9 Å². The SMILES string of the molecule is CNC(Cc1cc(OC)c(OC)cc1C)C(C)C. The molecule has 0 fully saturated rings. The van der Waals surface area contributed by atoms with Crippen molar-refractivity contribution < 1.29 is 9.47 Å². The summed E-state index contributed by atoms with van der Waals surface area (Å²) in [6.07, 6.45) is 1.00. The number of ether oxygens (including phenoxy) is 2. The Kier molecular flexibility index (Phi) is 5.48. The lowest BCUT2D eigenvalue weighted by Crippen LogP contribution is -2.32. The topological polar surface area (TPSA) is 30.5 Å². The molecule has 1 rings (SSSR count). The van der Waals surface area contributed by atoms with E-state index in [2.05, 4.69) is 32.2 Å². The lowest BCUT2D eigenvalue weighted by Gasteiger charge is -2.22. The molecule has 0 saturated heterocycles. The van der Waals surface area contributed by atoms with Gasteiger partial charge in [-0.05, 0) is 49.6 Å². The number of hydrogen-bond donors (Lipinski definition) is 1. The minimum Gasteiger partial charge on any atom is -0.493 e. The fraction of sp³-hybridized carbons (Fsp3) is 0.600. The smallest absolute Gasteiger partial charge is 0.161 e. The first-order chi connectivity index (χ1) is 8.53. The number of nitrogens with one attached hydrogen (secondary N) is 1. The summed E-state index contributed by atoms with van der Waals surface area (Å²) in [4.78, 5) is 0. The molecule has 0 aliphatic carbocycles. The van der Waals surface area contributed by atoms with Crippen molar-refractivity contribution in [3.8, 4) is 11.5 Å². The molecule has 1 atom stereocenters. The van der Waals surface area contributed by atoms with Gasteiger partial charge in [-0.2, -0.15) is 0 Å². The van der Waals surface area contributed by atoms with Gasteiger partial charge in [0, 0.05) is 6.04 Å². The van der Waals surface area contributed by atoms with Crippen molar-refractivity contribution in [2.45, 2.75) is 33.2 Å². The van der Waals surface area contributed by atoms with E-state index in [1.807, 2.05) is 13.1 Å². The van der Waals surface area contributed by atoms with Gasteiger partial charge < -0.3 is 14.8 Å². The predicted octanol–water partition coefficient (Wildman–Crippen LogP) is 2.80. The summed E-state index contributed by atoms with van der Waals surface area (Å²) < 4.78 is 10.7. The van der Waals surface area contributed by atoms with Crippen LogP contribution < -0.4 is 14.8 Å². The largest absolute Gasteiger partial charge is 0.493 e. The van der Waals surface area contributed by atoms with Crippen LogP contribution in [0, 0.1) is 12.8 Å². The van der Waals surface area contributed by atoms with Crippen molar-refractivity contribution in [1.82, 2.24) is 5.32 Å². The van der Waals surface area contributed by atoms with E-state index in [1.165, 1.54) is 11.1 Å². The third-order valence-electron chi connectivity index (χ3n) is 3.46. The molecule has 1 unspecified atom stereocenters. The molecule has 0 saturated carbocycles. The van der Waals surface area contributed by atoms with Gasteiger partial charge >= 0.3 is 0 Å². The van der Waals surface area contributed by atoms with Crippen molar-refractivity contribution in [3.05, 3.63) is 23.3 Å². The van der Waals surface area contributed by atoms with Gasteiger partial charge in [-0.15, -0.1) is 0 Å². The average molecular weight is 251 g/mol. The summed E-state index contributed by atoms with van der Waals surface area (Å²) in [6.45, 7) is 6.58. The Labute approximate surface area is 110 Å². The number of likely N-dealkylation sites (N-methyl/N-ethyl adjacent to an activating group) is 1. The molecule has 0 spiro atoms. The van der Waals surface area contributed by atoms with Crippen LogP contribution in [0.4, 0.5) is 0 Å². The van der Waals surface area contributed by atoms with E-state index < -0.39 is 0 Å².